The number of hydrogen-bond acceptors (Lipinski definition) is 4. The number of carbonyl (C=O) groups excluding carboxylic acids is 3. The number of fused-ring (bicyclic) bond motifs is 1. The summed E-state index contributed by atoms with van der Waals surface area (Å²) in [7, 11) is 0. The summed E-state index contributed by atoms with van der Waals surface area (Å²) in [6.45, 7) is 5.59. The Morgan fingerprint density at radius 2 is 1.74 bits per heavy atom. The van der Waals surface area contributed by atoms with E-state index < -0.39 is 35.0 Å². The van der Waals surface area contributed by atoms with Crippen LogP contribution in [-0.2, 0) is 11.3 Å². The van der Waals surface area contributed by atoms with Crippen molar-refractivity contribution in [1.82, 2.24) is 15.1 Å². The van der Waals surface area contributed by atoms with E-state index in [-0.39, 0.29) is 12.2 Å². The number of nitrogens with two attached hydrogens (primary N) is 2. The minimum atomic E-state index is -0.935. The minimum absolute atomic E-state index is 0.0150. The third-order valence-electron chi connectivity index (χ3n) is 4.92. The number of carbonyl (C=O) groups is 3. The first-order chi connectivity index (χ1) is 14.5. The van der Waals surface area contributed by atoms with Gasteiger partial charge < -0.3 is 16.8 Å². The minimum Gasteiger partial charge on any atom is -0.368 e. The molecule has 1 heterocycles. The van der Waals surface area contributed by atoms with E-state index in [1.165, 1.54) is 18.2 Å². The Balaban J connectivity index is 1.99. The zero-order valence-corrected chi connectivity index (χ0v) is 17.5. The third kappa shape index (κ3) is 4.71. The molecule has 0 fully saturated rings. The predicted octanol–water partition coefficient (Wildman–Crippen LogP) is 1.95. The maximum atomic E-state index is 13.9. The number of aromatic nitrogens is 2. The number of nitrogens with zero attached hydrogens (tertiary/aromatic N) is 2. The van der Waals surface area contributed by atoms with Crippen molar-refractivity contribution in [3.63, 3.8) is 0 Å². The second-order valence-electron chi connectivity index (χ2n) is 8.40. The van der Waals surface area contributed by atoms with Crippen LogP contribution in [0.25, 0.3) is 10.9 Å². The molecular formula is C22H24FN5O3. The molecule has 0 aliphatic rings. The van der Waals surface area contributed by atoms with Gasteiger partial charge in [-0.1, -0.05) is 32.9 Å². The van der Waals surface area contributed by atoms with Crippen LogP contribution in [0.5, 0.6) is 0 Å². The first kappa shape index (κ1) is 21.9. The summed E-state index contributed by atoms with van der Waals surface area (Å²) in [5.74, 6) is -2.36. The van der Waals surface area contributed by atoms with Gasteiger partial charge >= 0.3 is 0 Å². The van der Waals surface area contributed by atoms with Gasteiger partial charge in [0, 0.05) is 10.9 Å². The summed E-state index contributed by atoms with van der Waals surface area (Å²) in [4.78, 5) is 36.0. The number of amides is 3. The average Bonchev–Trinajstić information content (AvgIpc) is 3.02. The van der Waals surface area contributed by atoms with E-state index in [2.05, 4.69) is 10.4 Å². The molecule has 3 amide bonds. The molecule has 31 heavy (non-hydrogen) atoms. The number of benzene rings is 2. The normalized spacial score (nSPS) is 12.5. The van der Waals surface area contributed by atoms with Gasteiger partial charge in [0.05, 0.1) is 12.1 Å². The highest BCUT2D eigenvalue weighted by Crippen LogP contribution is 2.23. The molecule has 0 radical (unpaired) electrons. The Bertz CT molecular complexity index is 1160. The highest BCUT2D eigenvalue weighted by molar-refractivity contribution is 6.06. The van der Waals surface area contributed by atoms with Gasteiger partial charge in [-0.3, -0.25) is 19.1 Å². The molecule has 3 aromatic rings. The van der Waals surface area contributed by atoms with Crippen molar-refractivity contribution in [2.24, 2.45) is 16.9 Å². The van der Waals surface area contributed by atoms with Gasteiger partial charge in [-0.15, -0.1) is 0 Å². The van der Waals surface area contributed by atoms with E-state index in [0.717, 1.165) is 5.56 Å². The summed E-state index contributed by atoms with van der Waals surface area (Å²) in [6.07, 6.45) is 0. The van der Waals surface area contributed by atoms with Crippen molar-refractivity contribution in [2.45, 2.75) is 33.4 Å². The zero-order valence-electron chi connectivity index (χ0n) is 17.5. The molecule has 2 aromatic carbocycles. The lowest BCUT2D eigenvalue weighted by molar-refractivity contribution is -0.122. The van der Waals surface area contributed by atoms with Crippen molar-refractivity contribution in [3.05, 3.63) is 65.1 Å². The molecule has 0 bridgehead atoms. The van der Waals surface area contributed by atoms with E-state index in [4.69, 9.17) is 11.5 Å². The van der Waals surface area contributed by atoms with Crippen molar-refractivity contribution in [2.75, 3.05) is 0 Å². The van der Waals surface area contributed by atoms with Crippen LogP contribution < -0.4 is 16.8 Å². The monoisotopic (exact) mass is 425 g/mol. The predicted molar refractivity (Wildman–Crippen MR) is 114 cm³/mol. The largest absolute Gasteiger partial charge is 0.368 e. The third-order valence-corrected chi connectivity index (χ3v) is 4.92. The molecule has 3 rings (SSSR count). The van der Waals surface area contributed by atoms with Crippen LogP contribution in [-0.4, -0.2) is 33.5 Å². The van der Waals surface area contributed by atoms with Crippen molar-refractivity contribution in [3.8, 4) is 0 Å². The summed E-state index contributed by atoms with van der Waals surface area (Å²) < 4.78 is 15.5. The summed E-state index contributed by atoms with van der Waals surface area (Å²) >= 11 is 0. The summed E-state index contributed by atoms with van der Waals surface area (Å²) in [6, 6.07) is 9.73. The van der Waals surface area contributed by atoms with Gasteiger partial charge in [0.15, 0.2) is 5.69 Å². The van der Waals surface area contributed by atoms with E-state index in [9.17, 15) is 18.8 Å². The highest BCUT2D eigenvalue weighted by Gasteiger charge is 2.32. The number of nitrogens with one attached hydrogen (secondary N) is 1. The van der Waals surface area contributed by atoms with Crippen molar-refractivity contribution < 1.29 is 18.8 Å². The van der Waals surface area contributed by atoms with Crippen LogP contribution in [0.2, 0.25) is 0 Å². The Morgan fingerprint density at radius 1 is 1.10 bits per heavy atom. The maximum Gasteiger partial charge on any atom is 0.273 e. The lowest BCUT2D eigenvalue weighted by Crippen LogP contribution is -2.52. The lowest BCUT2D eigenvalue weighted by atomic mass is 9.86. The number of primary amides is 2. The van der Waals surface area contributed by atoms with Crippen LogP contribution in [0.15, 0.2) is 42.5 Å². The van der Waals surface area contributed by atoms with Crippen molar-refractivity contribution >= 4 is 28.6 Å². The molecule has 1 atom stereocenters. The molecule has 162 valence electrons. The topological polar surface area (TPSA) is 133 Å². The Labute approximate surface area is 178 Å². The number of halogens is 1. The lowest BCUT2D eigenvalue weighted by Gasteiger charge is -2.28. The summed E-state index contributed by atoms with van der Waals surface area (Å²) in [5.41, 5.74) is 11.8. The standard InChI is InChI=1S/C22H24FN5O3/c1-22(2,3)18(20(25)30)26-21(31)17-15-10-14(23)8-9-16(15)28(27-17)11-12-4-6-13(7-5-12)19(24)29/h4-10,18H,11H2,1-3H3,(H2,24,29)(H2,25,30)(H,26,31). The maximum absolute atomic E-state index is 13.9. The van der Waals surface area contributed by atoms with E-state index in [1.807, 2.05) is 0 Å². The molecule has 0 aliphatic carbocycles. The first-order valence-corrected chi connectivity index (χ1v) is 9.62. The molecule has 0 aliphatic heterocycles. The molecule has 0 saturated heterocycles. The van der Waals surface area contributed by atoms with Gasteiger partial charge in [0.1, 0.15) is 11.9 Å². The molecule has 1 unspecified atom stereocenters. The molecule has 0 saturated carbocycles. The van der Waals surface area contributed by atoms with Gasteiger partial charge in [0.2, 0.25) is 11.8 Å². The van der Waals surface area contributed by atoms with Gasteiger partial charge in [-0.25, -0.2) is 4.39 Å². The zero-order chi connectivity index (χ0) is 22.9. The van der Waals surface area contributed by atoms with Crippen LogP contribution in [0.3, 0.4) is 0 Å². The van der Waals surface area contributed by atoms with Crippen LogP contribution in [0, 0.1) is 11.2 Å². The van der Waals surface area contributed by atoms with Crippen LogP contribution >= 0.6 is 0 Å². The Kier molecular flexibility index (Phi) is 5.79. The van der Waals surface area contributed by atoms with Gasteiger partial charge in [-0.2, -0.15) is 5.10 Å². The number of hydrogen-bond donors (Lipinski definition) is 3. The second kappa shape index (κ2) is 8.17. The second-order valence-corrected chi connectivity index (χ2v) is 8.40. The first-order valence-electron chi connectivity index (χ1n) is 9.62. The van der Waals surface area contributed by atoms with Crippen molar-refractivity contribution in [1.29, 1.82) is 0 Å². The van der Waals surface area contributed by atoms with E-state index >= 15 is 0 Å². The smallest absolute Gasteiger partial charge is 0.273 e. The average molecular weight is 425 g/mol. The van der Waals surface area contributed by atoms with Gasteiger partial charge in [-0.05, 0) is 41.3 Å². The highest BCUT2D eigenvalue weighted by atomic mass is 19.1. The fraction of sp³-hybridized carbons (Fsp3) is 0.273. The van der Waals surface area contributed by atoms with Crippen LogP contribution in [0.4, 0.5) is 4.39 Å². The molecule has 0 spiro atoms. The quantitative estimate of drug-likeness (QED) is 0.557. The SMILES string of the molecule is CC(C)(C)C(NC(=O)c1nn(Cc2ccc(C(N)=O)cc2)c2ccc(F)cc12)C(N)=O. The molecule has 1 aromatic heterocycles. The fourth-order valence-electron chi connectivity index (χ4n) is 3.30. The summed E-state index contributed by atoms with van der Waals surface area (Å²) in [5, 5.41) is 7.30. The van der Waals surface area contributed by atoms with E-state index in [1.54, 1.807) is 49.7 Å². The van der Waals surface area contributed by atoms with Gasteiger partial charge in [0.25, 0.3) is 5.91 Å². The van der Waals surface area contributed by atoms with Crippen LogP contribution in [0.1, 0.15) is 47.2 Å². The molecule has 9 heteroatoms. The Morgan fingerprint density at radius 3 is 2.29 bits per heavy atom. The number of rotatable bonds is 6. The van der Waals surface area contributed by atoms with E-state index in [0.29, 0.717) is 16.5 Å². The molecule has 8 nitrogen and oxygen atoms in total. The molecular weight excluding hydrogens is 401 g/mol. The Hall–Kier alpha value is -3.75. The fourth-order valence-corrected chi connectivity index (χ4v) is 3.30. The molecule has 5 N–H and O–H groups in total.